The monoisotopic (exact) mass is 389 g/mol. The number of carbonyl (C=O) groups is 1. The van der Waals surface area contributed by atoms with E-state index in [1.54, 1.807) is 7.05 Å². The zero-order valence-electron chi connectivity index (χ0n) is 16.4. The van der Waals surface area contributed by atoms with Crippen molar-refractivity contribution < 1.29 is 24.1 Å². The number of hydrogen-bond acceptors (Lipinski definition) is 9. The van der Waals surface area contributed by atoms with Crippen LogP contribution in [0.4, 0.5) is 0 Å². The molecule has 1 aliphatic carbocycles. The molecule has 1 amide bonds. The SMILES string of the molecule is CNC[C@H]1CC[C@@H](N)[C@@H](O[C@@H]2[C@@H](O)[C@@H](N(C)C(=O)CN)[C@H](OC)C[C@H]2N)O1. The molecular formula is C17H35N5O5. The molecule has 0 unspecified atom stereocenters. The molecule has 1 saturated carbocycles. The molecule has 0 radical (unpaired) electrons. The fourth-order valence-corrected chi connectivity index (χ4v) is 3.95. The minimum absolute atomic E-state index is 0.0132. The average Bonchev–Trinajstić information content (AvgIpc) is 2.65. The van der Waals surface area contributed by atoms with Crippen LogP contribution in [0.15, 0.2) is 0 Å². The minimum Gasteiger partial charge on any atom is -0.388 e. The Morgan fingerprint density at radius 2 is 2.04 bits per heavy atom. The quantitative estimate of drug-likeness (QED) is 0.313. The molecule has 158 valence electrons. The Balaban J connectivity index is 2.13. The topological polar surface area (TPSA) is 158 Å². The second-order valence-electron chi connectivity index (χ2n) is 7.39. The van der Waals surface area contributed by atoms with Gasteiger partial charge in [0.05, 0.1) is 30.8 Å². The Hall–Kier alpha value is -0.850. The molecule has 1 heterocycles. The lowest BCUT2D eigenvalue weighted by atomic mass is 9.83. The summed E-state index contributed by atoms with van der Waals surface area (Å²) < 4.78 is 17.5. The molecule has 8 N–H and O–H groups in total. The van der Waals surface area contributed by atoms with E-state index in [0.717, 1.165) is 12.8 Å². The van der Waals surface area contributed by atoms with Gasteiger partial charge in [0, 0.05) is 26.7 Å². The summed E-state index contributed by atoms with van der Waals surface area (Å²) in [5, 5.41) is 14.1. The van der Waals surface area contributed by atoms with Crippen molar-refractivity contribution in [1.29, 1.82) is 0 Å². The molecule has 0 spiro atoms. The number of likely N-dealkylation sites (N-methyl/N-ethyl adjacent to an activating group) is 2. The first-order chi connectivity index (χ1) is 12.8. The molecule has 27 heavy (non-hydrogen) atoms. The summed E-state index contributed by atoms with van der Waals surface area (Å²) in [4.78, 5) is 13.5. The molecule has 10 nitrogen and oxygen atoms in total. The summed E-state index contributed by atoms with van der Waals surface area (Å²) in [6, 6.07) is -1.41. The lowest BCUT2D eigenvalue weighted by molar-refractivity contribution is -0.254. The lowest BCUT2D eigenvalue weighted by Crippen LogP contribution is -2.67. The first-order valence-corrected chi connectivity index (χ1v) is 9.47. The molecule has 1 saturated heterocycles. The first-order valence-electron chi connectivity index (χ1n) is 9.47. The number of hydrogen-bond donors (Lipinski definition) is 5. The van der Waals surface area contributed by atoms with Crippen molar-refractivity contribution in [2.24, 2.45) is 17.2 Å². The molecule has 0 bridgehead atoms. The Morgan fingerprint density at radius 1 is 1.33 bits per heavy atom. The zero-order valence-corrected chi connectivity index (χ0v) is 16.4. The molecule has 10 heteroatoms. The maximum absolute atomic E-state index is 12.1. The fourth-order valence-electron chi connectivity index (χ4n) is 3.95. The molecule has 0 aromatic heterocycles. The third kappa shape index (κ3) is 5.15. The van der Waals surface area contributed by atoms with E-state index in [1.807, 2.05) is 7.05 Å². The van der Waals surface area contributed by atoms with Crippen molar-refractivity contribution >= 4 is 5.91 Å². The predicted octanol–water partition coefficient (Wildman–Crippen LogP) is -2.68. The highest BCUT2D eigenvalue weighted by Crippen LogP contribution is 2.30. The van der Waals surface area contributed by atoms with E-state index in [4.69, 9.17) is 31.4 Å². The molecular weight excluding hydrogens is 354 g/mol. The maximum Gasteiger partial charge on any atom is 0.236 e. The van der Waals surface area contributed by atoms with E-state index in [-0.39, 0.29) is 24.6 Å². The maximum atomic E-state index is 12.1. The molecule has 8 atom stereocenters. The predicted molar refractivity (Wildman–Crippen MR) is 99.7 cm³/mol. The highest BCUT2D eigenvalue weighted by atomic mass is 16.7. The van der Waals surface area contributed by atoms with Gasteiger partial charge in [0.1, 0.15) is 12.2 Å². The number of aliphatic hydroxyl groups is 1. The van der Waals surface area contributed by atoms with Crippen LogP contribution in [0.25, 0.3) is 0 Å². The molecule has 1 aliphatic heterocycles. The summed E-state index contributed by atoms with van der Waals surface area (Å²) in [5.74, 6) is -0.296. The Bertz CT molecular complexity index is 485. The van der Waals surface area contributed by atoms with Gasteiger partial charge >= 0.3 is 0 Å². The largest absolute Gasteiger partial charge is 0.388 e. The highest BCUT2D eigenvalue weighted by Gasteiger charge is 2.48. The van der Waals surface area contributed by atoms with E-state index in [1.165, 1.54) is 12.0 Å². The van der Waals surface area contributed by atoms with Crippen LogP contribution >= 0.6 is 0 Å². The standard InChI is InChI=1S/C17H35N5O5/c1-21-8-9-4-5-10(19)17(26-9)27-16-11(20)6-12(25-3)14(15(16)24)22(2)13(23)7-18/h9-12,14-17,21,24H,4-8,18-20H2,1-3H3/t9-,10-,11-,12-,14+,15+,16+,17-/m1/s1. The van der Waals surface area contributed by atoms with Crippen LogP contribution in [-0.2, 0) is 19.0 Å². The van der Waals surface area contributed by atoms with Crippen LogP contribution in [0.2, 0.25) is 0 Å². The molecule has 0 aromatic rings. The van der Waals surface area contributed by atoms with Crippen LogP contribution in [0, 0.1) is 0 Å². The molecule has 2 rings (SSSR count). The third-order valence-electron chi connectivity index (χ3n) is 5.53. The van der Waals surface area contributed by atoms with E-state index >= 15 is 0 Å². The number of carbonyl (C=O) groups excluding carboxylic acids is 1. The number of nitrogens with one attached hydrogen (secondary N) is 1. The van der Waals surface area contributed by atoms with Crippen LogP contribution in [0.1, 0.15) is 19.3 Å². The van der Waals surface area contributed by atoms with Crippen molar-refractivity contribution in [1.82, 2.24) is 10.2 Å². The second kappa shape index (κ2) is 10.1. The van der Waals surface area contributed by atoms with Gasteiger partial charge in [-0.2, -0.15) is 0 Å². The number of methoxy groups -OCH3 is 1. The van der Waals surface area contributed by atoms with E-state index in [0.29, 0.717) is 13.0 Å². The van der Waals surface area contributed by atoms with Crippen LogP contribution < -0.4 is 22.5 Å². The fraction of sp³-hybridized carbons (Fsp3) is 0.941. The first kappa shape index (κ1) is 22.4. The summed E-state index contributed by atoms with van der Waals surface area (Å²) in [6.45, 7) is 0.532. The van der Waals surface area contributed by atoms with Crippen LogP contribution in [0.5, 0.6) is 0 Å². The lowest BCUT2D eigenvalue weighted by Gasteiger charge is -2.48. The van der Waals surface area contributed by atoms with Gasteiger partial charge in [-0.05, 0) is 26.3 Å². The van der Waals surface area contributed by atoms with Crippen molar-refractivity contribution in [3.63, 3.8) is 0 Å². The normalized spacial score (nSPS) is 40.0. The Labute approximate surface area is 160 Å². The van der Waals surface area contributed by atoms with Gasteiger partial charge in [0.15, 0.2) is 6.29 Å². The van der Waals surface area contributed by atoms with Crippen LogP contribution in [-0.4, -0.2) is 99.0 Å². The van der Waals surface area contributed by atoms with Crippen LogP contribution in [0.3, 0.4) is 0 Å². The summed E-state index contributed by atoms with van der Waals surface area (Å²) >= 11 is 0. The summed E-state index contributed by atoms with van der Waals surface area (Å²) in [5.41, 5.74) is 17.9. The van der Waals surface area contributed by atoms with Gasteiger partial charge in [-0.1, -0.05) is 0 Å². The number of nitrogens with two attached hydrogens (primary N) is 3. The van der Waals surface area contributed by atoms with Gasteiger partial charge in [-0.15, -0.1) is 0 Å². The Kier molecular flexibility index (Phi) is 8.38. The zero-order chi connectivity index (χ0) is 20.1. The average molecular weight is 389 g/mol. The van der Waals surface area contributed by atoms with E-state index < -0.39 is 36.7 Å². The van der Waals surface area contributed by atoms with Gasteiger partial charge in [-0.25, -0.2) is 0 Å². The van der Waals surface area contributed by atoms with Crippen molar-refractivity contribution in [3.05, 3.63) is 0 Å². The van der Waals surface area contributed by atoms with E-state index in [2.05, 4.69) is 5.32 Å². The van der Waals surface area contributed by atoms with Gasteiger partial charge in [0.25, 0.3) is 0 Å². The molecule has 0 aromatic carbocycles. The number of rotatable bonds is 7. The minimum atomic E-state index is -1.06. The van der Waals surface area contributed by atoms with Gasteiger partial charge in [0.2, 0.25) is 5.91 Å². The highest BCUT2D eigenvalue weighted by molar-refractivity contribution is 5.78. The summed E-state index contributed by atoms with van der Waals surface area (Å²) in [7, 11) is 4.98. The molecule has 2 fully saturated rings. The number of ether oxygens (including phenoxy) is 3. The van der Waals surface area contributed by atoms with Gasteiger partial charge < -0.3 is 46.7 Å². The smallest absolute Gasteiger partial charge is 0.236 e. The van der Waals surface area contributed by atoms with Gasteiger partial charge in [-0.3, -0.25) is 4.79 Å². The van der Waals surface area contributed by atoms with Crippen molar-refractivity contribution in [3.8, 4) is 0 Å². The Morgan fingerprint density at radius 3 is 2.63 bits per heavy atom. The third-order valence-corrected chi connectivity index (χ3v) is 5.53. The van der Waals surface area contributed by atoms with Crippen molar-refractivity contribution in [2.75, 3.05) is 34.3 Å². The number of aliphatic hydroxyl groups excluding tert-OH is 1. The number of nitrogens with zero attached hydrogens (tertiary/aromatic N) is 1. The second-order valence-corrected chi connectivity index (χ2v) is 7.39. The number of amides is 1. The van der Waals surface area contributed by atoms with Crippen molar-refractivity contribution in [2.45, 2.75) is 68.1 Å². The summed E-state index contributed by atoms with van der Waals surface area (Å²) in [6.07, 6.45) is -0.883. The molecule has 2 aliphatic rings. The van der Waals surface area contributed by atoms with E-state index in [9.17, 15) is 9.90 Å².